The Labute approximate surface area is 104 Å². The summed E-state index contributed by atoms with van der Waals surface area (Å²) in [4.78, 5) is 6.08. The Kier molecular flexibility index (Phi) is 3.72. The molecular formula is C12H13F2N3O. The Bertz CT molecular complexity index is 438. The van der Waals surface area contributed by atoms with Gasteiger partial charge >= 0.3 is 6.61 Å². The maximum absolute atomic E-state index is 12.0. The van der Waals surface area contributed by atoms with Gasteiger partial charge in [-0.1, -0.05) is 0 Å². The van der Waals surface area contributed by atoms with Gasteiger partial charge in [0.2, 0.25) is 0 Å². The molecule has 0 aliphatic heterocycles. The van der Waals surface area contributed by atoms with E-state index in [1.807, 2.05) is 18.0 Å². The standard InChI is InChI=1S/C12H13F2N3O/c1-17(9-4-10(5-9)18-12(13)14)11-3-2-8(6-15)7-16-11/h2-3,7,9-10,12H,4-5H2,1H3. The molecule has 1 aromatic rings. The van der Waals surface area contributed by atoms with Crippen molar-refractivity contribution in [3.63, 3.8) is 0 Å². The fourth-order valence-electron chi connectivity index (χ4n) is 1.96. The SMILES string of the molecule is CN(c1ccc(C#N)cn1)C1CC(OC(F)F)C1. The number of pyridine rings is 1. The molecule has 4 nitrogen and oxygen atoms in total. The van der Waals surface area contributed by atoms with Crippen molar-refractivity contribution in [2.75, 3.05) is 11.9 Å². The number of hydrogen-bond donors (Lipinski definition) is 0. The van der Waals surface area contributed by atoms with E-state index in [1.54, 1.807) is 12.1 Å². The van der Waals surface area contributed by atoms with Crippen LogP contribution in [0.3, 0.4) is 0 Å². The number of halogens is 2. The first-order chi connectivity index (χ1) is 8.60. The Morgan fingerprint density at radius 3 is 2.72 bits per heavy atom. The third kappa shape index (κ3) is 2.74. The van der Waals surface area contributed by atoms with Crippen LogP contribution in [0.1, 0.15) is 18.4 Å². The minimum Gasteiger partial charge on any atom is -0.357 e. The zero-order valence-electron chi connectivity index (χ0n) is 9.88. The highest BCUT2D eigenvalue weighted by Gasteiger charge is 2.35. The molecule has 0 saturated heterocycles. The van der Waals surface area contributed by atoms with E-state index in [-0.39, 0.29) is 12.1 Å². The first kappa shape index (κ1) is 12.7. The number of nitrogens with zero attached hydrogens (tertiary/aromatic N) is 3. The normalized spacial score (nSPS) is 22.4. The number of nitriles is 1. The molecule has 1 aliphatic carbocycles. The van der Waals surface area contributed by atoms with E-state index in [2.05, 4.69) is 9.72 Å². The summed E-state index contributed by atoms with van der Waals surface area (Å²) in [6.45, 7) is -2.70. The van der Waals surface area contributed by atoms with E-state index in [4.69, 9.17) is 5.26 Å². The fraction of sp³-hybridized carbons (Fsp3) is 0.500. The van der Waals surface area contributed by atoms with Gasteiger partial charge in [0.25, 0.3) is 0 Å². The minimum atomic E-state index is -2.70. The van der Waals surface area contributed by atoms with Crippen molar-refractivity contribution in [1.82, 2.24) is 4.98 Å². The molecule has 2 rings (SSSR count). The summed E-state index contributed by atoms with van der Waals surface area (Å²) < 4.78 is 28.3. The van der Waals surface area contributed by atoms with Gasteiger partial charge in [-0.05, 0) is 25.0 Å². The summed E-state index contributed by atoms with van der Waals surface area (Å²) in [5, 5.41) is 8.66. The van der Waals surface area contributed by atoms with Crippen LogP contribution in [0.4, 0.5) is 14.6 Å². The highest BCUT2D eigenvalue weighted by Crippen LogP contribution is 2.31. The Morgan fingerprint density at radius 2 is 2.22 bits per heavy atom. The summed E-state index contributed by atoms with van der Waals surface area (Å²) in [6.07, 6.45) is 2.28. The van der Waals surface area contributed by atoms with Crippen LogP contribution in [0.15, 0.2) is 18.3 Å². The monoisotopic (exact) mass is 253 g/mol. The third-order valence-corrected chi connectivity index (χ3v) is 3.15. The molecule has 0 aromatic carbocycles. The number of rotatable bonds is 4. The molecule has 0 radical (unpaired) electrons. The van der Waals surface area contributed by atoms with Gasteiger partial charge in [0.1, 0.15) is 11.9 Å². The number of alkyl halides is 2. The van der Waals surface area contributed by atoms with Crippen molar-refractivity contribution < 1.29 is 13.5 Å². The maximum atomic E-state index is 12.0. The van der Waals surface area contributed by atoms with Gasteiger partial charge in [-0.3, -0.25) is 0 Å². The number of anilines is 1. The van der Waals surface area contributed by atoms with E-state index in [0.717, 1.165) is 5.82 Å². The summed E-state index contributed by atoms with van der Waals surface area (Å²) in [7, 11) is 1.86. The molecule has 1 heterocycles. The molecular weight excluding hydrogens is 240 g/mol. The number of hydrogen-bond acceptors (Lipinski definition) is 4. The quantitative estimate of drug-likeness (QED) is 0.825. The van der Waals surface area contributed by atoms with Gasteiger partial charge in [-0.2, -0.15) is 14.0 Å². The van der Waals surface area contributed by atoms with Gasteiger partial charge in [-0.15, -0.1) is 0 Å². The lowest BCUT2D eigenvalue weighted by molar-refractivity contribution is -0.183. The molecule has 0 N–H and O–H groups in total. The maximum Gasteiger partial charge on any atom is 0.345 e. The van der Waals surface area contributed by atoms with Gasteiger partial charge in [0.15, 0.2) is 0 Å². The second kappa shape index (κ2) is 5.27. The fourth-order valence-corrected chi connectivity index (χ4v) is 1.96. The molecule has 1 aromatic heterocycles. The van der Waals surface area contributed by atoms with Crippen molar-refractivity contribution in [3.8, 4) is 6.07 Å². The van der Waals surface area contributed by atoms with E-state index >= 15 is 0 Å². The average Bonchev–Trinajstić information content (AvgIpc) is 2.32. The summed E-state index contributed by atoms with van der Waals surface area (Å²) >= 11 is 0. The van der Waals surface area contributed by atoms with Crippen LogP contribution in [0.25, 0.3) is 0 Å². The van der Waals surface area contributed by atoms with Crippen LogP contribution < -0.4 is 4.90 Å². The Balaban J connectivity index is 1.89. The van der Waals surface area contributed by atoms with Gasteiger partial charge < -0.3 is 9.64 Å². The van der Waals surface area contributed by atoms with Crippen molar-refractivity contribution >= 4 is 5.82 Å². The summed E-state index contributed by atoms with van der Waals surface area (Å²) in [5.74, 6) is 0.731. The topological polar surface area (TPSA) is 49.2 Å². The number of ether oxygens (including phenoxy) is 1. The lowest BCUT2D eigenvalue weighted by Crippen LogP contribution is -2.47. The predicted molar refractivity (Wildman–Crippen MR) is 61.3 cm³/mol. The molecule has 0 amide bonds. The average molecular weight is 253 g/mol. The highest BCUT2D eigenvalue weighted by atomic mass is 19.3. The minimum absolute atomic E-state index is 0.161. The van der Waals surface area contributed by atoms with E-state index in [0.29, 0.717) is 18.4 Å². The molecule has 1 aliphatic rings. The smallest absolute Gasteiger partial charge is 0.345 e. The summed E-state index contributed by atoms with van der Waals surface area (Å²) in [5.41, 5.74) is 0.500. The van der Waals surface area contributed by atoms with Gasteiger partial charge in [0, 0.05) is 19.3 Å². The molecule has 0 atom stereocenters. The van der Waals surface area contributed by atoms with Crippen molar-refractivity contribution in [2.24, 2.45) is 0 Å². The van der Waals surface area contributed by atoms with Crippen LogP contribution in [0.5, 0.6) is 0 Å². The van der Waals surface area contributed by atoms with Gasteiger partial charge in [0.05, 0.1) is 11.7 Å². The zero-order chi connectivity index (χ0) is 13.1. The Hall–Kier alpha value is -1.74. The van der Waals surface area contributed by atoms with Gasteiger partial charge in [-0.25, -0.2) is 4.98 Å². The zero-order valence-corrected chi connectivity index (χ0v) is 9.88. The highest BCUT2D eigenvalue weighted by molar-refractivity contribution is 5.42. The van der Waals surface area contributed by atoms with Crippen LogP contribution in [-0.4, -0.2) is 30.8 Å². The van der Waals surface area contributed by atoms with Crippen LogP contribution >= 0.6 is 0 Å². The summed E-state index contributed by atoms with van der Waals surface area (Å²) in [6, 6.07) is 5.59. The van der Waals surface area contributed by atoms with Crippen LogP contribution in [-0.2, 0) is 4.74 Å². The second-order valence-electron chi connectivity index (χ2n) is 4.27. The van der Waals surface area contributed by atoms with E-state index in [9.17, 15) is 8.78 Å². The van der Waals surface area contributed by atoms with Crippen molar-refractivity contribution in [3.05, 3.63) is 23.9 Å². The Morgan fingerprint density at radius 1 is 1.50 bits per heavy atom. The lowest BCUT2D eigenvalue weighted by atomic mass is 9.88. The molecule has 1 fully saturated rings. The molecule has 6 heteroatoms. The second-order valence-corrected chi connectivity index (χ2v) is 4.27. The first-order valence-electron chi connectivity index (χ1n) is 5.62. The lowest BCUT2D eigenvalue weighted by Gasteiger charge is -2.41. The largest absolute Gasteiger partial charge is 0.357 e. The van der Waals surface area contributed by atoms with E-state index < -0.39 is 6.61 Å². The molecule has 0 bridgehead atoms. The first-order valence-corrected chi connectivity index (χ1v) is 5.62. The van der Waals surface area contributed by atoms with E-state index in [1.165, 1.54) is 6.20 Å². The molecule has 0 spiro atoms. The van der Waals surface area contributed by atoms with Crippen molar-refractivity contribution in [1.29, 1.82) is 5.26 Å². The number of aromatic nitrogens is 1. The predicted octanol–water partition coefficient (Wildman–Crippen LogP) is 2.16. The molecule has 0 unspecified atom stereocenters. The molecule has 18 heavy (non-hydrogen) atoms. The van der Waals surface area contributed by atoms with Crippen molar-refractivity contribution in [2.45, 2.75) is 31.6 Å². The molecule has 1 saturated carbocycles. The van der Waals surface area contributed by atoms with Crippen LogP contribution in [0, 0.1) is 11.3 Å². The third-order valence-electron chi connectivity index (χ3n) is 3.15. The molecule has 96 valence electrons. The van der Waals surface area contributed by atoms with Crippen LogP contribution in [0.2, 0.25) is 0 Å².